The highest BCUT2D eigenvalue weighted by Crippen LogP contribution is 2.35. The first-order valence-electron chi connectivity index (χ1n) is 8.70. The van der Waals surface area contributed by atoms with Crippen LogP contribution in [0.2, 0.25) is 10.0 Å². The Hall–Kier alpha value is -2.69. The number of carbonyl (C=O) groups is 1. The van der Waals surface area contributed by atoms with Gasteiger partial charge in [-0.15, -0.1) is 0 Å². The molecule has 3 aromatic rings. The largest absolute Gasteiger partial charge is 0.276 e. The van der Waals surface area contributed by atoms with Gasteiger partial charge in [0.25, 0.3) is 5.91 Å². The van der Waals surface area contributed by atoms with E-state index in [0.29, 0.717) is 22.7 Å². The summed E-state index contributed by atoms with van der Waals surface area (Å²) < 4.78 is 13.3. The number of benzene rings is 3. The summed E-state index contributed by atoms with van der Waals surface area (Å²) in [4.78, 5) is 13.2. The number of nitrogens with zero attached hydrogens (tertiary/aromatic N) is 2. The van der Waals surface area contributed by atoms with Gasteiger partial charge in [0.15, 0.2) is 0 Å². The topological polar surface area (TPSA) is 32.7 Å². The lowest BCUT2D eigenvalue weighted by Crippen LogP contribution is -2.27. The molecule has 0 fully saturated rings. The summed E-state index contributed by atoms with van der Waals surface area (Å²) in [6, 6.07) is 20.3. The molecule has 1 atom stereocenters. The van der Waals surface area contributed by atoms with Gasteiger partial charge in [-0.3, -0.25) is 4.79 Å². The number of hydrogen-bond acceptors (Lipinski definition) is 2. The second-order valence-corrected chi connectivity index (χ2v) is 7.30. The quantitative estimate of drug-likeness (QED) is 0.509. The van der Waals surface area contributed by atoms with Crippen molar-refractivity contribution in [1.82, 2.24) is 5.01 Å². The fourth-order valence-corrected chi connectivity index (χ4v) is 3.72. The zero-order chi connectivity index (χ0) is 19.7. The van der Waals surface area contributed by atoms with Gasteiger partial charge in [0.1, 0.15) is 5.82 Å². The Bertz CT molecular complexity index is 1050. The molecule has 140 valence electrons. The smallest absolute Gasteiger partial charge is 0.267 e. The summed E-state index contributed by atoms with van der Waals surface area (Å²) in [6.45, 7) is 0. The zero-order valence-corrected chi connectivity index (χ0v) is 16.2. The summed E-state index contributed by atoms with van der Waals surface area (Å²) in [5, 5.41) is 6.75. The molecule has 6 heteroatoms. The van der Waals surface area contributed by atoms with E-state index in [9.17, 15) is 9.18 Å². The third-order valence-electron chi connectivity index (χ3n) is 4.64. The maximum Gasteiger partial charge on any atom is 0.276 e. The third kappa shape index (κ3) is 3.66. The average molecular weight is 413 g/mol. The predicted molar refractivity (Wildman–Crippen MR) is 109 cm³/mol. The highest BCUT2D eigenvalue weighted by Gasteiger charge is 2.34. The number of hydrazone groups is 1. The van der Waals surface area contributed by atoms with E-state index in [4.69, 9.17) is 23.2 Å². The lowest BCUT2D eigenvalue weighted by atomic mass is 9.98. The lowest BCUT2D eigenvalue weighted by molar-refractivity contribution is 0.0711. The standard InChI is InChI=1S/C22H15Cl2FN2O/c23-16-8-11-18(19(24)12-16)22(28)27-21(15-4-2-1-3-5-15)13-20(26-27)14-6-9-17(25)10-7-14/h1-12,21H,13H2. The highest BCUT2D eigenvalue weighted by molar-refractivity contribution is 6.36. The molecular formula is C22H15Cl2FN2O. The molecule has 1 heterocycles. The van der Waals surface area contributed by atoms with Crippen molar-refractivity contribution in [3.05, 3.63) is 105 Å². The van der Waals surface area contributed by atoms with Crippen molar-refractivity contribution in [1.29, 1.82) is 0 Å². The van der Waals surface area contributed by atoms with Crippen LogP contribution in [0.25, 0.3) is 0 Å². The van der Waals surface area contributed by atoms with Crippen LogP contribution in [0.1, 0.15) is 33.9 Å². The molecule has 0 saturated carbocycles. The van der Waals surface area contributed by atoms with Crippen LogP contribution in [-0.4, -0.2) is 16.6 Å². The fraction of sp³-hybridized carbons (Fsp3) is 0.0909. The van der Waals surface area contributed by atoms with Gasteiger partial charge >= 0.3 is 0 Å². The van der Waals surface area contributed by atoms with Gasteiger partial charge in [-0.25, -0.2) is 9.40 Å². The summed E-state index contributed by atoms with van der Waals surface area (Å²) >= 11 is 12.2. The normalized spacial score (nSPS) is 16.2. The summed E-state index contributed by atoms with van der Waals surface area (Å²) in [6.07, 6.45) is 0.520. The maximum absolute atomic E-state index is 13.3. The Morgan fingerprint density at radius 1 is 1.00 bits per heavy atom. The van der Waals surface area contributed by atoms with E-state index in [1.807, 2.05) is 30.3 Å². The molecule has 0 radical (unpaired) electrons. The van der Waals surface area contributed by atoms with Crippen LogP contribution in [0, 0.1) is 5.82 Å². The minimum absolute atomic E-state index is 0.273. The number of halogens is 3. The van der Waals surface area contributed by atoms with Gasteiger partial charge in [0.2, 0.25) is 0 Å². The average Bonchev–Trinajstić information content (AvgIpc) is 3.14. The van der Waals surface area contributed by atoms with Crippen LogP contribution >= 0.6 is 23.2 Å². The molecule has 0 N–H and O–H groups in total. The minimum Gasteiger partial charge on any atom is -0.267 e. The highest BCUT2D eigenvalue weighted by atomic mass is 35.5. The van der Waals surface area contributed by atoms with Crippen LogP contribution in [-0.2, 0) is 0 Å². The van der Waals surface area contributed by atoms with E-state index >= 15 is 0 Å². The van der Waals surface area contributed by atoms with Crippen molar-refractivity contribution in [2.75, 3.05) is 0 Å². The first kappa shape index (κ1) is 18.7. The number of carbonyl (C=O) groups excluding carboxylic acids is 1. The van der Waals surface area contributed by atoms with E-state index in [1.165, 1.54) is 23.2 Å². The van der Waals surface area contributed by atoms with E-state index in [0.717, 1.165) is 11.1 Å². The zero-order valence-electron chi connectivity index (χ0n) is 14.6. The van der Waals surface area contributed by atoms with Crippen molar-refractivity contribution in [2.45, 2.75) is 12.5 Å². The molecule has 0 spiro atoms. The van der Waals surface area contributed by atoms with Crippen LogP contribution in [0.4, 0.5) is 4.39 Å². The van der Waals surface area contributed by atoms with Crippen LogP contribution in [0.5, 0.6) is 0 Å². The van der Waals surface area contributed by atoms with Crippen molar-refractivity contribution in [3.8, 4) is 0 Å². The van der Waals surface area contributed by atoms with Gasteiger partial charge < -0.3 is 0 Å². The van der Waals surface area contributed by atoms with Crippen molar-refractivity contribution >= 4 is 34.8 Å². The molecule has 4 rings (SSSR count). The monoisotopic (exact) mass is 412 g/mol. The molecule has 1 aliphatic rings. The molecule has 0 aromatic heterocycles. The Kier molecular flexibility index (Phi) is 5.16. The number of amides is 1. The van der Waals surface area contributed by atoms with E-state index < -0.39 is 0 Å². The maximum atomic E-state index is 13.3. The van der Waals surface area contributed by atoms with Crippen LogP contribution in [0.15, 0.2) is 77.9 Å². The number of hydrogen-bond donors (Lipinski definition) is 0. The Morgan fingerprint density at radius 3 is 2.39 bits per heavy atom. The van der Waals surface area contributed by atoms with Crippen molar-refractivity contribution < 1.29 is 9.18 Å². The van der Waals surface area contributed by atoms with Crippen molar-refractivity contribution in [3.63, 3.8) is 0 Å². The Labute approximate surface area is 172 Å². The van der Waals surface area contributed by atoms with Gasteiger partial charge in [-0.2, -0.15) is 5.10 Å². The molecule has 1 aliphatic heterocycles. The van der Waals surface area contributed by atoms with Gasteiger partial charge in [0, 0.05) is 11.4 Å². The van der Waals surface area contributed by atoms with E-state index in [-0.39, 0.29) is 22.8 Å². The fourth-order valence-electron chi connectivity index (χ4n) is 3.24. The minimum atomic E-state index is -0.317. The molecule has 1 amide bonds. The summed E-state index contributed by atoms with van der Waals surface area (Å²) in [5.41, 5.74) is 2.78. The number of rotatable bonds is 3. The summed E-state index contributed by atoms with van der Waals surface area (Å²) in [5.74, 6) is -0.629. The first-order chi connectivity index (χ1) is 13.5. The first-order valence-corrected chi connectivity index (χ1v) is 9.45. The molecular weight excluding hydrogens is 398 g/mol. The molecule has 1 unspecified atom stereocenters. The molecule has 3 aromatic carbocycles. The van der Waals surface area contributed by atoms with Crippen LogP contribution in [0.3, 0.4) is 0 Å². The van der Waals surface area contributed by atoms with E-state index in [2.05, 4.69) is 5.10 Å². The SMILES string of the molecule is O=C(c1ccc(Cl)cc1Cl)N1N=C(c2ccc(F)cc2)CC1c1ccccc1. The second-order valence-electron chi connectivity index (χ2n) is 6.46. The molecule has 3 nitrogen and oxygen atoms in total. The van der Waals surface area contributed by atoms with Gasteiger partial charge in [-0.05, 0) is 41.5 Å². The lowest BCUT2D eigenvalue weighted by Gasteiger charge is -2.22. The molecule has 0 aliphatic carbocycles. The van der Waals surface area contributed by atoms with Crippen molar-refractivity contribution in [2.24, 2.45) is 5.10 Å². The van der Waals surface area contributed by atoms with Gasteiger partial charge in [-0.1, -0.05) is 65.7 Å². The van der Waals surface area contributed by atoms with Crippen LogP contribution < -0.4 is 0 Å². The second kappa shape index (κ2) is 7.74. The van der Waals surface area contributed by atoms with Gasteiger partial charge in [0.05, 0.1) is 22.3 Å². The molecule has 0 bridgehead atoms. The Balaban J connectivity index is 1.75. The molecule has 28 heavy (non-hydrogen) atoms. The Morgan fingerprint density at radius 2 is 1.71 bits per heavy atom. The molecule has 0 saturated heterocycles. The predicted octanol–water partition coefficient (Wildman–Crippen LogP) is 6.12. The third-order valence-corrected chi connectivity index (χ3v) is 5.19. The summed E-state index contributed by atoms with van der Waals surface area (Å²) in [7, 11) is 0. The van der Waals surface area contributed by atoms with E-state index in [1.54, 1.807) is 24.3 Å².